The third-order valence-electron chi connectivity index (χ3n) is 4.98. The van der Waals surface area contributed by atoms with Crippen LogP contribution in [0.15, 0.2) is 42.6 Å². The second-order valence-corrected chi connectivity index (χ2v) is 6.73. The van der Waals surface area contributed by atoms with Crippen LogP contribution in [0.2, 0.25) is 0 Å². The summed E-state index contributed by atoms with van der Waals surface area (Å²) in [5, 5.41) is 0. The van der Waals surface area contributed by atoms with E-state index in [1.54, 1.807) is 0 Å². The van der Waals surface area contributed by atoms with Crippen molar-refractivity contribution in [1.82, 2.24) is 19.4 Å². The van der Waals surface area contributed by atoms with Crippen molar-refractivity contribution in [2.45, 2.75) is 33.4 Å². The Hall–Kier alpha value is -2.66. The summed E-state index contributed by atoms with van der Waals surface area (Å²) in [6.45, 7) is 7.20. The predicted molar refractivity (Wildman–Crippen MR) is 99.5 cm³/mol. The molecule has 0 atom stereocenters. The van der Waals surface area contributed by atoms with Gasteiger partial charge >= 0.3 is 0 Å². The average molecular weight is 333 g/mol. The summed E-state index contributed by atoms with van der Waals surface area (Å²) in [5.74, 6) is 0.374. The van der Waals surface area contributed by atoms with Crippen LogP contribution in [-0.4, -0.2) is 26.0 Å². The molecule has 0 aliphatic carbocycles. The lowest BCUT2D eigenvalue weighted by Gasteiger charge is -2.27. The molecule has 0 unspecified atom stereocenters. The van der Waals surface area contributed by atoms with Gasteiger partial charge in [-0.25, -0.2) is 9.97 Å². The van der Waals surface area contributed by atoms with Crippen LogP contribution in [0.3, 0.4) is 0 Å². The summed E-state index contributed by atoms with van der Waals surface area (Å²) >= 11 is 0. The van der Waals surface area contributed by atoms with Gasteiger partial charge in [0.2, 0.25) is 5.95 Å². The van der Waals surface area contributed by atoms with Gasteiger partial charge in [0.15, 0.2) is 0 Å². The second kappa shape index (κ2) is 6.33. The standard InChI is InChI=1S/C20H23N5/c1-14-10-16(15(2)25(14)18-6-4-3-5-7-18)12-24-9-8-19-17(13-24)11-22-20(21)23-19/h3-7,10-11H,8-9,12-13H2,1-2H3,(H2,21,22,23). The van der Waals surface area contributed by atoms with Gasteiger partial charge in [-0.2, -0.15) is 0 Å². The molecule has 0 radical (unpaired) electrons. The van der Waals surface area contributed by atoms with E-state index < -0.39 is 0 Å². The van der Waals surface area contributed by atoms with Gasteiger partial charge in [0.05, 0.1) is 5.69 Å². The molecule has 5 nitrogen and oxygen atoms in total. The van der Waals surface area contributed by atoms with E-state index in [1.807, 2.05) is 6.20 Å². The quantitative estimate of drug-likeness (QED) is 0.800. The first kappa shape index (κ1) is 15.8. The van der Waals surface area contributed by atoms with Crippen LogP contribution >= 0.6 is 0 Å². The Morgan fingerprint density at radius 3 is 2.76 bits per heavy atom. The molecule has 0 saturated heterocycles. The number of aromatic nitrogens is 3. The van der Waals surface area contributed by atoms with Crippen LogP contribution in [0.5, 0.6) is 0 Å². The molecule has 3 heterocycles. The highest BCUT2D eigenvalue weighted by atomic mass is 15.1. The minimum Gasteiger partial charge on any atom is -0.368 e. The summed E-state index contributed by atoms with van der Waals surface area (Å²) in [6, 6.07) is 12.8. The minimum atomic E-state index is 0.374. The van der Waals surface area contributed by atoms with Gasteiger partial charge in [-0.05, 0) is 37.6 Å². The van der Waals surface area contributed by atoms with Crippen molar-refractivity contribution < 1.29 is 0 Å². The van der Waals surface area contributed by atoms with E-state index in [0.29, 0.717) is 5.95 Å². The summed E-state index contributed by atoms with van der Waals surface area (Å²) in [7, 11) is 0. The maximum absolute atomic E-state index is 5.70. The van der Waals surface area contributed by atoms with Crippen LogP contribution in [0, 0.1) is 13.8 Å². The Morgan fingerprint density at radius 1 is 1.16 bits per heavy atom. The molecule has 1 aromatic carbocycles. The van der Waals surface area contributed by atoms with Crippen molar-refractivity contribution in [2.24, 2.45) is 0 Å². The van der Waals surface area contributed by atoms with Crippen LogP contribution in [0.1, 0.15) is 28.2 Å². The highest BCUT2D eigenvalue weighted by Crippen LogP contribution is 2.24. The number of fused-ring (bicyclic) bond motifs is 1. The number of aryl methyl sites for hydroxylation is 1. The molecule has 2 N–H and O–H groups in total. The van der Waals surface area contributed by atoms with Crippen LogP contribution in [-0.2, 0) is 19.5 Å². The molecule has 1 aliphatic rings. The fraction of sp³-hybridized carbons (Fsp3) is 0.300. The molecule has 0 saturated carbocycles. The molecule has 0 fully saturated rings. The Kier molecular flexibility index (Phi) is 4.01. The van der Waals surface area contributed by atoms with Crippen molar-refractivity contribution in [3.8, 4) is 5.69 Å². The smallest absolute Gasteiger partial charge is 0.220 e. The maximum atomic E-state index is 5.70. The van der Waals surface area contributed by atoms with Crippen molar-refractivity contribution in [3.63, 3.8) is 0 Å². The van der Waals surface area contributed by atoms with E-state index in [-0.39, 0.29) is 0 Å². The molecule has 0 amide bonds. The third kappa shape index (κ3) is 3.03. The first-order valence-corrected chi connectivity index (χ1v) is 8.67. The lowest BCUT2D eigenvalue weighted by atomic mass is 10.1. The number of para-hydroxylation sites is 1. The normalized spacial score (nSPS) is 14.5. The van der Waals surface area contributed by atoms with Gasteiger partial charge in [-0.3, -0.25) is 4.90 Å². The molecule has 2 aromatic heterocycles. The SMILES string of the molecule is Cc1cc(CN2CCc3nc(N)ncc3C2)c(C)n1-c1ccccc1. The highest BCUT2D eigenvalue weighted by molar-refractivity contribution is 5.41. The number of anilines is 1. The molecule has 25 heavy (non-hydrogen) atoms. The van der Waals surface area contributed by atoms with Crippen molar-refractivity contribution >= 4 is 5.95 Å². The van der Waals surface area contributed by atoms with Crippen LogP contribution in [0.4, 0.5) is 5.95 Å². The molecule has 0 spiro atoms. The van der Waals surface area contributed by atoms with Gasteiger partial charge in [0, 0.05) is 54.9 Å². The summed E-state index contributed by atoms with van der Waals surface area (Å²) in [5.41, 5.74) is 13.2. The zero-order chi connectivity index (χ0) is 17.4. The van der Waals surface area contributed by atoms with Crippen molar-refractivity contribution in [3.05, 3.63) is 70.8 Å². The van der Waals surface area contributed by atoms with E-state index in [9.17, 15) is 0 Å². The number of hydrogen-bond donors (Lipinski definition) is 1. The first-order valence-electron chi connectivity index (χ1n) is 8.67. The van der Waals surface area contributed by atoms with E-state index in [2.05, 4.69) is 69.7 Å². The molecule has 128 valence electrons. The summed E-state index contributed by atoms with van der Waals surface area (Å²) in [6.07, 6.45) is 2.80. The van der Waals surface area contributed by atoms with E-state index in [4.69, 9.17) is 5.73 Å². The molecule has 0 bridgehead atoms. The molecule has 3 aromatic rings. The third-order valence-corrected chi connectivity index (χ3v) is 4.98. The Morgan fingerprint density at radius 2 is 1.96 bits per heavy atom. The van der Waals surface area contributed by atoms with Gasteiger partial charge in [0.1, 0.15) is 0 Å². The minimum absolute atomic E-state index is 0.374. The Bertz CT molecular complexity index is 898. The number of nitrogen functional groups attached to an aromatic ring is 1. The lowest BCUT2D eigenvalue weighted by molar-refractivity contribution is 0.242. The van der Waals surface area contributed by atoms with Crippen LogP contribution < -0.4 is 5.73 Å². The van der Waals surface area contributed by atoms with Gasteiger partial charge in [-0.15, -0.1) is 0 Å². The fourth-order valence-electron chi connectivity index (χ4n) is 3.73. The molecule has 4 rings (SSSR count). The molecule has 5 heteroatoms. The van der Waals surface area contributed by atoms with E-state index in [0.717, 1.165) is 31.7 Å². The number of rotatable bonds is 3. The first-order chi connectivity index (χ1) is 12.1. The number of benzene rings is 1. The molecular weight excluding hydrogens is 310 g/mol. The molecular formula is C20H23N5. The average Bonchev–Trinajstić information content (AvgIpc) is 2.89. The Balaban J connectivity index is 1.57. The van der Waals surface area contributed by atoms with Crippen molar-refractivity contribution in [1.29, 1.82) is 0 Å². The summed E-state index contributed by atoms with van der Waals surface area (Å²) in [4.78, 5) is 11.0. The predicted octanol–water partition coefficient (Wildman–Crippen LogP) is 3.02. The Labute approximate surface area is 148 Å². The monoisotopic (exact) mass is 333 g/mol. The van der Waals surface area contributed by atoms with Crippen molar-refractivity contribution in [2.75, 3.05) is 12.3 Å². The largest absolute Gasteiger partial charge is 0.368 e. The van der Waals surface area contributed by atoms with Gasteiger partial charge < -0.3 is 10.3 Å². The number of nitrogens with zero attached hydrogens (tertiary/aromatic N) is 4. The van der Waals surface area contributed by atoms with Crippen LogP contribution in [0.25, 0.3) is 5.69 Å². The zero-order valence-electron chi connectivity index (χ0n) is 14.7. The zero-order valence-corrected chi connectivity index (χ0v) is 14.7. The number of hydrogen-bond acceptors (Lipinski definition) is 4. The fourth-order valence-corrected chi connectivity index (χ4v) is 3.73. The highest BCUT2D eigenvalue weighted by Gasteiger charge is 2.20. The van der Waals surface area contributed by atoms with E-state index in [1.165, 1.54) is 28.2 Å². The topological polar surface area (TPSA) is 60.0 Å². The second-order valence-electron chi connectivity index (χ2n) is 6.73. The van der Waals surface area contributed by atoms with Gasteiger partial charge in [0.25, 0.3) is 0 Å². The maximum Gasteiger partial charge on any atom is 0.220 e. The summed E-state index contributed by atoms with van der Waals surface area (Å²) < 4.78 is 2.33. The molecule has 1 aliphatic heterocycles. The lowest BCUT2D eigenvalue weighted by Crippen LogP contribution is -2.31. The van der Waals surface area contributed by atoms with Gasteiger partial charge in [-0.1, -0.05) is 18.2 Å². The number of nitrogens with two attached hydrogens (primary N) is 1. The van der Waals surface area contributed by atoms with E-state index >= 15 is 0 Å².